The summed E-state index contributed by atoms with van der Waals surface area (Å²) in [5.74, 6) is -0.606. The van der Waals surface area contributed by atoms with Crippen LogP contribution in [0.15, 0.2) is 48.7 Å². The Morgan fingerprint density at radius 1 is 1.03 bits per heavy atom. The van der Waals surface area contributed by atoms with Gasteiger partial charge in [0.15, 0.2) is 0 Å². The van der Waals surface area contributed by atoms with Crippen LogP contribution in [0.3, 0.4) is 0 Å². The van der Waals surface area contributed by atoms with Crippen LogP contribution in [0.4, 0.5) is 22.0 Å². The summed E-state index contributed by atoms with van der Waals surface area (Å²) in [5.41, 5.74) is 0.317. The molecule has 4 nitrogen and oxygen atoms in total. The number of fused-ring (bicyclic) bond motifs is 1. The molecule has 0 saturated carbocycles. The molecule has 0 aliphatic rings. The highest BCUT2D eigenvalue weighted by molar-refractivity contribution is 6.01. The molecule has 0 spiro atoms. The average Bonchev–Trinajstić information content (AvgIpc) is 2.64. The number of carbonyl (C=O) groups excluding carboxylic acids is 1. The molecule has 3 aromatic rings. The standard InChI is InChI=1S/C22H19F5N2O2/c1-12(2)29-20(30)15-8-14-9-17(31-21(3,23)24)10-18(19(14)28-11-15)13-4-6-16(7-5-13)22(25,26)27/h4-12H,1-3H3,(H,29,30). The smallest absolute Gasteiger partial charge is 0.416 e. The fourth-order valence-corrected chi connectivity index (χ4v) is 3.02. The van der Waals surface area contributed by atoms with Crippen molar-refractivity contribution in [1.29, 1.82) is 0 Å². The second kappa shape index (κ2) is 8.13. The van der Waals surface area contributed by atoms with E-state index in [9.17, 15) is 26.7 Å². The summed E-state index contributed by atoms with van der Waals surface area (Å²) in [6, 6.07) is 8.18. The number of carbonyl (C=O) groups is 1. The van der Waals surface area contributed by atoms with E-state index in [1.807, 2.05) is 0 Å². The second-order valence-corrected chi connectivity index (χ2v) is 7.38. The number of ether oxygens (including phenoxy) is 1. The lowest BCUT2D eigenvalue weighted by Crippen LogP contribution is -2.30. The largest absolute Gasteiger partial charge is 0.433 e. The zero-order valence-electron chi connectivity index (χ0n) is 16.8. The molecule has 1 aromatic heterocycles. The molecule has 0 saturated heterocycles. The maximum atomic E-state index is 13.5. The quantitative estimate of drug-likeness (QED) is 0.494. The van der Waals surface area contributed by atoms with E-state index in [1.165, 1.54) is 36.5 Å². The predicted molar refractivity (Wildman–Crippen MR) is 106 cm³/mol. The molecule has 0 fully saturated rings. The molecule has 1 heterocycles. The van der Waals surface area contributed by atoms with Crippen LogP contribution >= 0.6 is 0 Å². The van der Waals surface area contributed by atoms with Crippen molar-refractivity contribution < 1.29 is 31.5 Å². The topological polar surface area (TPSA) is 51.2 Å². The van der Waals surface area contributed by atoms with E-state index in [0.717, 1.165) is 12.1 Å². The highest BCUT2D eigenvalue weighted by atomic mass is 19.4. The molecule has 9 heteroatoms. The summed E-state index contributed by atoms with van der Waals surface area (Å²) in [6.45, 7) is 4.13. The Bertz CT molecular complexity index is 1100. The lowest BCUT2D eigenvalue weighted by molar-refractivity contribution is -0.158. The summed E-state index contributed by atoms with van der Waals surface area (Å²) in [4.78, 5) is 16.6. The molecule has 0 aliphatic heterocycles. The lowest BCUT2D eigenvalue weighted by Gasteiger charge is -2.16. The Labute approximate surface area is 175 Å². The molecule has 0 radical (unpaired) electrons. The Kier molecular flexibility index (Phi) is 5.89. The van der Waals surface area contributed by atoms with E-state index in [4.69, 9.17) is 0 Å². The molecule has 1 amide bonds. The van der Waals surface area contributed by atoms with Gasteiger partial charge in [-0.3, -0.25) is 9.78 Å². The first kappa shape index (κ1) is 22.5. The van der Waals surface area contributed by atoms with Gasteiger partial charge in [0.05, 0.1) is 16.6 Å². The third-order valence-electron chi connectivity index (χ3n) is 4.26. The van der Waals surface area contributed by atoms with Crippen molar-refractivity contribution >= 4 is 16.8 Å². The van der Waals surface area contributed by atoms with Gasteiger partial charge in [0.2, 0.25) is 0 Å². The van der Waals surface area contributed by atoms with E-state index >= 15 is 0 Å². The first-order valence-electron chi connectivity index (χ1n) is 9.32. The fourth-order valence-electron chi connectivity index (χ4n) is 3.02. The molecule has 2 aromatic carbocycles. The maximum absolute atomic E-state index is 13.5. The van der Waals surface area contributed by atoms with Crippen molar-refractivity contribution in [2.24, 2.45) is 0 Å². The number of nitrogens with zero attached hydrogens (tertiary/aromatic N) is 1. The van der Waals surface area contributed by atoms with Gasteiger partial charge in [-0.15, -0.1) is 0 Å². The molecule has 0 atom stereocenters. The number of hydrogen-bond acceptors (Lipinski definition) is 3. The minimum absolute atomic E-state index is 0.126. The maximum Gasteiger partial charge on any atom is 0.416 e. The van der Waals surface area contributed by atoms with Crippen molar-refractivity contribution in [3.8, 4) is 16.9 Å². The van der Waals surface area contributed by atoms with Gasteiger partial charge in [-0.2, -0.15) is 22.0 Å². The van der Waals surface area contributed by atoms with E-state index < -0.39 is 23.8 Å². The van der Waals surface area contributed by atoms with Gasteiger partial charge in [0.25, 0.3) is 5.91 Å². The molecule has 164 valence electrons. The number of nitrogens with one attached hydrogen (secondary N) is 1. The van der Waals surface area contributed by atoms with Gasteiger partial charge in [-0.25, -0.2) is 0 Å². The number of hydrogen-bond donors (Lipinski definition) is 1. The molecule has 0 aliphatic carbocycles. The SMILES string of the molecule is CC(C)NC(=O)c1cnc2c(-c3ccc(C(F)(F)F)cc3)cc(OC(C)(F)F)cc2c1. The van der Waals surface area contributed by atoms with Gasteiger partial charge in [0.1, 0.15) is 5.75 Å². The lowest BCUT2D eigenvalue weighted by atomic mass is 9.99. The van der Waals surface area contributed by atoms with Crippen LogP contribution in [0.1, 0.15) is 36.7 Å². The van der Waals surface area contributed by atoms with E-state index in [2.05, 4.69) is 15.0 Å². The zero-order valence-corrected chi connectivity index (χ0v) is 16.8. The van der Waals surface area contributed by atoms with Crippen LogP contribution in [-0.4, -0.2) is 23.0 Å². The fraction of sp³-hybridized carbons (Fsp3) is 0.273. The van der Waals surface area contributed by atoms with Crippen LogP contribution in [0.2, 0.25) is 0 Å². The molecule has 0 unspecified atom stereocenters. The average molecular weight is 438 g/mol. The zero-order chi connectivity index (χ0) is 23.0. The number of rotatable bonds is 5. The normalized spacial score (nSPS) is 12.3. The number of halogens is 5. The third kappa shape index (κ3) is 5.48. The van der Waals surface area contributed by atoms with Crippen LogP contribution in [0.5, 0.6) is 5.75 Å². The summed E-state index contributed by atoms with van der Waals surface area (Å²) < 4.78 is 70.2. The third-order valence-corrected chi connectivity index (χ3v) is 4.26. The highest BCUT2D eigenvalue weighted by Gasteiger charge is 2.30. The number of alkyl halides is 5. The number of amides is 1. The van der Waals surface area contributed by atoms with Crippen molar-refractivity contribution in [2.75, 3.05) is 0 Å². The molecular weight excluding hydrogens is 419 g/mol. The van der Waals surface area contributed by atoms with E-state index in [0.29, 0.717) is 29.0 Å². The minimum atomic E-state index is -4.51. The Morgan fingerprint density at radius 2 is 1.68 bits per heavy atom. The summed E-state index contributed by atoms with van der Waals surface area (Å²) in [5, 5.41) is 3.03. The van der Waals surface area contributed by atoms with Crippen molar-refractivity contribution in [2.45, 2.75) is 39.1 Å². The summed E-state index contributed by atoms with van der Waals surface area (Å²) in [6.07, 6.45) is -6.67. The van der Waals surface area contributed by atoms with Gasteiger partial charge >= 0.3 is 12.3 Å². The number of benzene rings is 2. The first-order valence-corrected chi connectivity index (χ1v) is 9.32. The van der Waals surface area contributed by atoms with Gasteiger partial charge in [-0.05, 0) is 49.7 Å². The first-order chi connectivity index (χ1) is 14.3. The molecular formula is C22H19F5N2O2. The van der Waals surface area contributed by atoms with Crippen molar-refractivity contribution in [3.63, 3.8) is 0 Å². The molecule has 31 heavy (non-hydrogen) atoms. The molecule has 3 rings (SSSR count). The van der Waals surface area contributed by atoms with Crippen molar-refractivity contribution in [3.05, 3.63) is 59.8 Å². The van der Waals surface area contributed by atoms with Crippen LogP contribution in [0.25, 0.3) is 22.0 Å². The Hall–Kier alpha value is -3.23. The van der Waals surface area contributed by atoms with Crippen LogP contribution in [-0.2, 0) is 6.18 Å². The van der Waals surface area contributed by atoms with Crippen LogP contribution < -0.4 is 10.1 Å². The van der Waals surface area contributed by atoms with Crippen LogP contribution in [0, 0.1) is 0 Å². The Morgan fingerprint density at radius 3 is 2.23 bits per heavy atom. The second-order valence-electron chi connectivity index (χ2n) is 7.38. The van der Waals surface area contributed by atoms with Gasteiger partial charge in [0, 0.05) is 30.1 Å². The van der Waals surface area contributed by atoms with Crippen molar-refractivity contribution in [1.82, 2.24) is 10.3 Å². The highest BCUT2D eigenvalue weighted by Crippen LogP contribution is 2.36. The number of aromatic nitrogens is 1. The monoisotopic (exact) mass is 438 g/mol. The molecule has 1 N–H and O–H groups in total. The minimum Gasteiger partial charge on any atom is -0.433 e. The summed E-state index contributed by atoms with van der Waals surface area (Å²) in [7, 11) is 0. The predicted octanol–water partition coefficient (Wildman–Crippen LogP) is 6.05. The van der Waals surface area contributed by atoms with E-state index in [1.54, 1.807) is 13.8 Å². The van der Waals surface area contributed by atoms with E-state index in [-0.39, 0.29) is 17.4 Å². The van der Waals surface area contributed by atoms with Gasteiger partial charge < -0.3 is 10.1 Å². The Balaban J connectivity index is 2.15. The molecule has 0 bridgehead atoms. The number of pyridine rings is 1. The summed E-state index contributed by atoms with van der Waals surface area (Å²) >= 11 is 0. The van der Waals surface area contributed by atoms with Gasteiger partial charge in [-0.1, -0.05) is 12.1 Å².